The van der Waals surface area contributed by atoms with Gasteiger partial charge in [-0.3, -0.25) is 0 Å². The summed E-state index contributed by atoms with van der Waals surface area (Å²) in [4.78, 5) is 0. The van der Waals surface area contributed by atoms with Crippen LogP contribution in [0.2, 0.25) is 0 Å². The molecule has 0 fully saturated rings. The van der Waals surface area contributed by atoms with Gasteiger partial charge in [-0.1, -0.05) is 37.3 Å². The van der Waals surface area contributed by atoms with Crippen LogP contribution >= 0.6 is 0 Å². The van der Waals surface area contributed by atoms with Crippen molar-refractivity contribution in [3.05, 3.63) is 41.5 Å². The SMILES string of the molecule is CC/C=C(\N)c1ccccc1C. The second kappa shape index (κ2) is 3.96. The maximum absolute atomic E-state index is 5.87. The van der Waals surface area contributed by atoms with E-state index in [1.165, 1.54) is 5.56 Å². The third kappa shape index (κ3) is 1.88. The van der Waals surface area contributed by atoms with Crippen molar-refractivity contribution in [1.29, 1.82) is 0 Å². The van der Waals surface area contributed by atoms with Crippen LogP contribution in [0.4, 0.5) is 0 Å². The second-order valence-corrected chi connectivity index (χ2v) is 2.88. The maximum atomic E-state index is 5.87. The van der Waals surface area contributed by atoms with Gasteiger partial charge < -0.3 is 5.73 Å². The molecule has 0 aliphatic rings. The van der Waals surface area contributed by atoms with Crippen molar-refractivity contribution in [3.63, 3.8) is 0 Å². The van der Waals surface area contributed by atoms with E-state index in [4.69, 9.17) is 5.73 Å². The average Bonchev–Trinajstić information content (AvgIpc) is 2.05. The van der Waals surface area contributed by atoms with E-state index in [1.807, 2.05) is 18.2 Å². The summed E-state index contributed by atoms with van der Waals surface area (Å²) in [6.45, 7) is 4.16. The zero-order valence-electron chi connectivity index (χ0n) is 7.67. The summed E-state index contributed by atoms with van der Waals surface area (Å²) in [5.41, 5.74) is 9.14. The van der Waals surface area contributed by atoms with Crippen LogP contribution in [0.25, 0.3) is 5.70 Å². The number of aryl methyl sites for hydroxylation is 1. The molecule has 0 heterocycles. The van der Waals surface area contributed by atoms with Crippen molar-refractivity contribution in [1.82, 2.24) is 0 Å². The molecule has 0 aliphatic heterocycles. The molecule has 0 atom stereocenters. The van der Waals surface area contributed by atoms with Crippen LogP contribution in [0.1, 0.15) is 24.5 Å². The van der Waals surface area contributed by atoms with Crippen molar-refractivity contribution in [2.24, 2.45) is 5.73 Å². The Balaban J connectivity index is 3.02. The Labute approximate surface area is 73.9 Å². The molecule has 1 rings (SSSR count). The Morgan fingerprint density at radius 1 is 1.42 bits per heavy atom. The molecule has 12 heavy (non-hydrogen) atoms. The second-order valence-electron chi connectivity index (χ2n) is 2.88. The van der Waals surface area contributed by atoms with E-state index in [-0.39, 0.29) is 0 Å². The largest absolute Gasteiger partial charge is 0.398 e. The Morgan fingerprint density at radius 2 is 2.08 bits per heavy atom. The molecule has 0 bridgehead atoms. The van der Waals surface area contributed by atoms with Crippen molar-refractivity contribution in [2.45, 2.75) is 20.3 Å². The van der Waals surface area contributed by atoms with Crippen LogP contribution in [0.5, 0.6) is 0 Å². The van der Waals surface area contributed by atoms with E-state index in [0.717, 1.165) is 17.7 Å². The fraction of sp³-hybridized carbons (Fsp3) is 0.273. The Bertz CT molecular complexity index is 287. The highest BCUT2D eigenvalue weighted by atomic mass is 14.6. The molecular weight excluding hydrogens is 146 g/mol. The molecule has 0 radical (unpaired) electrons. The summed E-state index contributed by atoms with van der Waals surface area (Å²) >= 11 is 0. The van der Waals surface area contributed by atoms with Crippen molar-refractivity contribution >= 4 is 5.70 Å². The Kier molecular flexibility index (Phi) is 2.92. The van der Waals surface area contributed by atoms with Gasteiger partial charge in [0.2, 0.25) is 0 Å². The molecule has 1 aromatic carbocycles. The predicted octanol–water partition coefficient (Wildman–Crippen LogP) is 2.70. The molecule has 0 saturated carbocycles. The van der Waals surface area contributed by atoms with Crippen LogP contribution in [0.3, 0.4) is 0 Å². The first-order valence-corrected chi connectivity index (χ1v) is 4.27. The number of rotatable bonds is 2. The van der Waals surface area contributed by atoms with Gasteiger partial charge in [-0.25, -0.2) is 0 Å². The molecule has 0 saturated heterocycles. The number of allylic oxidation sites excluding steroid dienone is 1. The van der Waals surface area contributed by atoms with Gasteiger partial charge in [0.15, 0.2) is 0 Å². The fourth-order valence-electron chi connectivity index (χ4n) is 1.23. The highest BCUT2D eigenvalue weighted by Gasteiger charge is 1.97. The minimum atomic E-state index is 0.885. The van der Waals surface area contributed by atoms with Crippen molar-refractivity contribution < 1.29 is 0 Å². The summed E-state index contributed by atoms with van der Waals surface area (Å²) in [7, 11) is 0. The van der Waals surface area contributed by atoms with Gasteiger partial charge in [0, 0.05) is 5.70 Å². The number of hydrogen-bond acceptors (Lipinski definition) is 1. The van der Waals surface area contributed by atoms with Crippen LogP contribution in [0.15, 0.2) is 30.3 Å². The van der Waals surface area contributed by atoms with Crippen LogP contribution < -0.4 is 5.73 Å². The van der Waals surface area contributed by atoms with Gasteiger partial charge in [0.1, 0.15) is 0 Å². The van der Waals surface area contributed by atoms with Crippen molar-refractivity contribution in [2.75, 3.05) is 0 Å². The van der Waals surface area contributed by atoms with Gasteiger partial charge >= 0.3 is 0 Å². The normalized spacial score (nSPS) is 11.7. The van der Waals surface area contributed by atoms with Crippen LogP contribution in [-0.4, -0.2) is 0 Å². The Morgan fingerprint density at radius 3 is 2.67 bits per heavy atom. The minimum absolute atomic E-state index is 0.885. The lowest BCUT2D eigenvalue weighted by molar-refractivity contribution is 1.21. The summed E-state index contributed by atoms with van der Waals surface area (Å²) in [6, 6.07) is 8.17. The molecule has 2 N–H and O–H groups in total. The van der Waals surface area contributed by atoms with Gasteiger partial charge in [0.25, 0.3) is 0 Å². The molecule has 0 unspecified atom stereocenters. The lowest BCUT2D eigenvalue weighted by atomic mass is 10.1. The zero-order chi connectivity index (χ0) is 8.97. The van der Waals surface area contributed by atoms with E-state index in [1.54, 1.807) is 0 Å². The molecule has 1 nitrogen and oxygen atoms in total. The van der Waals surface area contributed by atoms with Crippen LogP contribution in [-0.2, 0) is 0 Å². The van der Waals surface area contributed by atoms with E-state index >= 15 is 0 Å². The standard InChI is InChI=1S/C11H15N/c1-3-6-11(12)10-8-5-4-7-9(10)2/h4-8H,3,12H2,1-2H3/b11-6-. The van der Waals surface area contributed by atoms with E-state index in [9.17, 15) is 0 Å². The highest BCUT2D eigenvalue weighted by Crippen LogP contribution is 2.13. The quantitative estimate of drug-likeness (QED) is 0.709. The third-order valence-corrected chi connectivity index (χ3v) is 1.88. The van der Waals surface area contributed by atoms with E-state index in [0.29, 0.717) is 0 Å². The smallest absolute Gasteiger partial charge is 0.0349 e. The number of nitrogens with two attached hydrogens (primary N) is 1. The lowest BCUT2D eigenvalue weighted by Crippen LogP contribution is -1.97. The molecular formula is C11H15N. The van der Waals surface area contributed by atoms with Gasteiger partial charge in [0.05, 0.1) is 0 Å². The summed E-state index contributed by atoms with van der Waals surface area (Å²) in [6.07, 6.45) is 3.03. The molecule has 0 aromatic heterocycles. The zero-order valence-corrected chi connectivity index (χ0v) is 7.67. The summed E-state index contributed by atoms with van der Waals surface area (Å²) in [5, 5.41) is 0. The fourth-order valence-corrected chi connectivity index (χ4v) is 1.23. The van der Waals surface area contributed by atoms with Crippen molar-refractivity contribution in [3.8, 4) is 0 Å². The summed E-state index contributed by atoms with van der Waals surface area (Å²) in [5.74, 6) is 0. The molecule has 64 valence electrons. The lowest BCUT2D eigenvalue weighted by Gasteiger charge is -2.04. The average molecular weight is 161 g/mol. The number of benzene rings is 1. The van der Waals surface area contributed by atoms with E-state index in [2.05, 4.69) is 26.0 Å². The third-order valence-electron chi connectivity index (χ3n) is 1.88. The Hall–Kier alpha value is -1.24. The first-order valence-electron chi connectivity index (χ1n) is 4.27. The van der Waals surface area contributed by atoms with Gasteiger partial charge in [-0.2, -0.15) is 0 Å². The maximum Gasteiger partial charge on any atom is 0.0349 e. The molecule has 0 spiro atoms. The van der Waals surface area contributed by atoms with E-state index < -0.39 is 0 Å². The number of hydrogen-bond donors (Lipinski definition) is 1. The van der Waals surface area contributed by atoms with Crippen LogP contribution in [0, 0.1) is 6.92 Å². The van der Waals surface area contributed by atoms with Gasteiger partial charge in [-0.15, -0.1) is 0 Å². The molecule has 1 aromatic rings. The molecule has 0 aliphatic carbocycles. The minimum Gasteiger partial charge on any atom is -0.398 e. The molecule has 1 heteroatoms. The first kappa shape index (κ1) is 8.85. The van der Waals surface area contributed by atoms with Gasteiger partial charge in [-0.05, 0) is 24.5 Å². The highest BCUT2D eigenvalue weighted by molar-refractivity contribution is 5.65. The summed E-state index contributed by atoms with van der Waals surface area (Å²) < 4.78 is 0. The molecule has 0 amide bonds. The topological polar surface area (TPSA) is 26.0 Å². The monoisotopic (exact) mass is 161 g/mol. The first-order chi connectivity index (χ1) is 5.75. The predicted molar refractivity (Wildman–Crippen MR) is 53.6 cm³/mol.